The predicted octanol–water partition coefficient (Wildman–Crippen LogP) is 3.21. The molecule has 0 radical (unpaired) electrons. The summed E-state index contributed by atoms with van der Waals surface area (Å²) >= 11 is 0. The summed E-state index contributed by atoms with van der Waals surface area (Å²) in [5.74, 6) is 0.283. The Kier molecular flexibility index (Phi) is 3.28. The summed E-state index contributed by atoms with van der Waals surface area (Å²) in [6.45, 7) is 1.82. The molecular formula is C14H13FN2O. The molecule has 18 heavy (non-hydrogen) atoms. The van der Waals surface area contributed by atoms with E-state index in [2.05, 4.69) is 0 Å². The highest BCUT2D eigenvalue weighted by Crippen LogP contribution is 2.25. The number of benzene rings is 2. The number of rotatable bonds is 3. The SMILES string of the molecule is Cc1cc(Oc2ccccc2F)ccc1C(=N)N. The normalized spacial score (nSPS) is 10.1. The molecule has 0 atom stereocenters. The van der Waals surface area contributed by atoms with Crippen molar-refractivity contribution in [1.29, 1.82) is 5.41 Å². The Morgan fingerprint density at radius 1 is 1.22 bits per heavy atom. The van der Waals surface area contributed by atoms with Gasteiger partial charge in [0, 0.05) is 5.56 Å². The zero-order valence-corrected chi connectivity index (χ0v) is 9.91. The molecule has 0 heterocycles. The largest absolute Gasteiger partial charge is 0.454 e. The van der Waals surface area contributed by atoms with E-state index in [0.717, 1.165) is 5.56 Å². The lowest BCUT2D eigenvalue weighted by Crippen LogP contribution is -2.12. The lowest BCUT2D eigenvalue weighted by Gasteiger charge is -2.09. The number of hydrogen-bond acceptors (Lipinski definition) is 2. The van der Waals surface area contributed by atoms with Crippen molar-refractivity contribution in [2.75, 3.05) is 0 Å². The number of nitrogens with two attached hydrogens (primary N) is 1. The van der Waals surface area contributed by atoms with Crippen LogP contribution in [-0.4, -0.2) is 5.84 Å². The van der Waals surface area contributed by atoms with Crippen LogP contribution in [0.25, 0.3) is 0 Å². The maximum atomic E-state index is 13.4. The summed E-state index contributed by atoms with van der Waals surface area (Å²) in [5, 5.41) is 7.38. The third-order valence-corrected chi connectivity index (χ3v) is 2.55. The molecular weight excluding hydrogens is 231 g/mol. The molecule has 0 fully saturated rings. The quantitative estimate of drug-likeness (QED) is 0.643. The van der Waals surface area contributed by atoms with Crippen LogP contribution in [-0.2, 0) is 0 Å². The number of halogens is 1. The van der Waals surface area contributed by atoms with Crippen molar-refractivity contribution in [3.05, 3.63) is 59.4 Å². The summed E-state index contributed by atoms with van der Waals surface area (Å²) in [7, 11) is 0. The first-order valence-electron chi connectivity index (χ1n) is 5.45. The molecule has 92 valence electrons. The molecule has 0 aliphatic rings. The number of hydrogen-bond donors (Lipinski definition) is 2. The van der Waals surface area contributed by atoms with Gasteiger partial charge in [0.1, 0.15) is 11.6 Å². The third-order valence-electron chi connectivity index (χ3n) is 2.55. The van der Waals surface area contributed by atoms with Gasteiger partial charge in [-0.1, -0.05) is 12.1 Å². The molecule has 0 saturated heterocycles. The highest BCUT2D eigenvalue weighted by molar-refractivity contribution is 5.96. The zero-order chi connectivity index (χ0) is 13.1. The second-order valence-corrected chi connectivity index (χ2v) is 3.92. The Balaban J connectivity index is 2.29. The van der Waals surface area contributed by atoms with E-state index in [4.69, 9.17) is 15.9 Å². The Hall–Kier alpha value is -2.36. The molecule has 0 amide bonds. The van der Waals surface area contributed by atoms with Gasteiger partial charge >= 0.3 is 0 Å². The molecule has 4 heteroatoms. The fourth-order valence-electron chi connectivity index (χ4n) is 1.66. The molecule has 0 spiro atoms. The Bertz CT molecular complexity index is 596. The van der Waals surface area contributed by atoms with Crippen molar-refractivity contribution in [2.24, 2.45) is 5.73 Å². The Morgan fingerprint density at radius 2 is 1.94 bits per heavy atom. The molecule has 0 aliphatic carbocycles. The van der Waals surface area contributed by atoms with E-state index < -0.39 is 5.82 Å². The van der Waals surface area contributed by atoms with E-state index in [-0.39, 0.29) is 11.6 Å². The fourth-order valence-corrected chi connectivity index (χ4v) is 1.66. The number of nitrogens with one attached hydrogen (secondary N) is 1. The second-order valence-electron chi connectivity index (χ2n) is 3.92. The van der Waals surface area contributed by atoms with Gasteiger partial charge in [-0.3, -0.25) is 5.41 Å². The van der Waals surface area contributed by atoms with Crippen molar-refractivity contribution >= 4 is 5.84 Å². The fraction of sp³-hybridized carbons (Fsp3) is 0.0714. The van der Waals surface area contributed by atoms with Crippen LogP contribution in [0, 0.1) is 18.2 Å². The first-order chi connectivity index (χ1) is 8.58. The third kappa shape index (κ3) is 2.48. The van der Waals surface area contributed by atoms with E-state index >= 15 is 0 Å². The van der Waals surface area contributed by atoms with E-state index in [0.29, 0.717) is 11.3 Å². The minimum Gasteiger partial charge on any atom is -0.454 e. The first kappa shape index (κ1) is 12.1. The highest BCUT2D eigenvalue weighted by atomic mass is 19.1. The molecule has 0 aromatic heterocycles. The average Bonchev–Trinajstić information content (AvgIpc) is 2.32. The topological polar surface area (TPSA) is 59.1 Å². The Labute approximate surface area is 105 Å². The van der Waals surface area contributed by atoms with Crippen LogP contribution in [0.2, 0.25) is 0 Å². The summed E-state index contributed by atoms with van der Waals surface area (Å²) in [6.07, 6.45) is 0. The summed E-state index contributed by atoms with van der Waals surface area (Å²) < 4.78 is 18.8. The highest BCUT2D eigenvalue weighted by Gasteiger charge is 2.06. The maximum absolute atomic E-state index is 13.4. The van der Waals surface area contributed by atoms with Gasteiger partial charge in [-0.25, -0.2) is 4.39 Å². The lowest BCUT2D eigenvalue weighted by atomic mass is 10.1. The van der Waals surface area contributed by atoms with Crippen molar-refractivity contribution in [3.8, 4) is 11.5 Å². The zero-order valence-electron chi connectivity index (χ0n) is 9.91. The maximum Gasteiger partial charge on any atom is 0.165 e. The van der Waals surface area contributed by atoms with Gasteiger partial charge in [0.05, 0.1) is 0 Å². The minimum absolute atomic E-state index is 0.00458. The summed E-state index contributed by atoms with van der Waals surface area (Å²) in [5.41, 5.74) is 6.89. The second kappa shape index (κ2) is 4.87. The predicted molar refractivity (Wildman–Crippen MR) is 68.7 cm³/mol. The average molecular weight is 244 g/mol. The molecule has 3 N–H and O–H groups in total. The van der Waals surface area contributed by atoms with Crippen LogP contribution < -0.4 is 10.5 Å². The van der Waals surface area contributed by atoms with E-state index in [1.165, 1.54) is 6.07 Å². The van der Waals surface area contributed by atoms with Crippen molar-refractivity contribution in [3.63, 3.8) is 0 Å². The number of para-hydroxylation sites is 1. The van der Waals surface area contributed by atoms with Gasteiger partial charge in [0.15, 0.2) is 11.6 Å². The van der Waals surface area contributed by atoms with Crippen molar-refractivity contribution in [1.82, 2.24) is 0 Å². The molecule has 3 nitrogen and oxygen atoms in total. The Morgan fingerprint density at radius 3 is 2.56 bits per heavy atom. The van der Waals surface area contributed by atoms with Gasteiger partial charge in [0.25, 0.3) is 0 Å². The molecule has 2 rings (SSSR count). The smallest absolute Gasteiger partial charge is 0.165 e. The monoisotopic (exact) mass is 244 g/mol. The van der Waals surface area contributed by atoms with Gasteiger partial charge in [-0.2, -0.15) is 0 Å². The molecule has 0 bridgehead atoms. The van der Waals surface area contributed by atoms with Crippen LogP contribution in [0.15, 0.2) is 42.5 Å². The van der Waals surface area contributed by atoms with Gasteiger partial charge < -0.3 is 10.5 Å². The van der Waals surface area contributed by atoms with E-state index in [9.17, 15) is 4.39 Å². The molecule has 0 unspecified atom stereocenters. The lowest BCUT2D eigenvalue weighted by molar-refractivity contribution is 0.442. The molecule has 2 aromatic carbocycles. The van der Waals surface area contributed by atoms with Gasteiger partial charge in [-0.05, 0) is 42.8 Å². The van der Waals surface area contributed by atoms with Gasteiger partial charge in [-0.15, -0.1) is 0 Å². The molecule has 0 aliphatic heterocycles. The van der Waals surface area contributed by atoms with E-state index in [1.54, 1.807) is 36.4 Å². The minimum atomic E-state index is -0.411. The standard InChI is InChI=1S/C14H13FN2O/c1-9-8-10(6-7-11(9)14(16)17)18-13-5-3-2-4-12(13)15/h2-8H,1H3,(H3,16,17). The number of aryl methyl sites for hydroxylation is 1. The van der Waals surface area contributed by atoms with Crippen LogP contribution in [0.3, 0.4) is 0 Å². The van der Waals surface area contributed by atoms with Crippen molar-refractivity contribution < 1.29 is 9.13 Å². The molecule has 0 saturated carbocycles. The van der Waals surface area contributed by atoms with Gasteiger partial charge in [0.2, 0.25) is 0 Å². The van der Waals surface area contributed by atoms with Crippen LogP contribution in [0.1, 0.15) is 11.1 Å². The number of ether oxygens (including phenoxy) is 1. The number of nitrogen functional groups attached to an aromatic ring is 1. The van der Waals surface area contributed by atoms with Crippen LogP contribution >= 0.6 is 0 Å². The molecule has 2 aromatic rings. The summed E-state index contributed by atoms with van der Waals surface area (Å²) in [6, 6.07) is 11.3. The number of amidine groups is 1. The van der Waals surface area contributed by atoms with E-state index in [1.807, 2.05) is 6.92 Å². The summed E-state index contributed by atoms with van der Waals surface area (Å²) in [4.78, 5) is 0. The van der Waals surface area contributed by atoms with Crippen LogP contribution in [0.5, 0.6) is 11.5 Å². The first-order valence-corrected chi connectivity index (χ1v) is 5.45. The van der Waals surface area contributed by atoms with Crippen LogP contribution in [0.4, 0.5) is 4.39 Å². The van der Waals surface area contributed by atoms with Crippen molar-refractivity contribution in [2.45, 2.75) is 6.92 Å².